The van der Waals surface area contributed by atoms with Gasteiger partial charge in [-0.3, -0.25) is 20.4 Å². The minimum absolute atomic E-state index is 0.0556. The van der Waals surface area contributed by atoms with Gasteiger partial charge >= 0.3 is 29.9 Å². The summed E-state index contributed by atoms with van der Waals surface area (Å²) in [7, 11) is 0. The van der Waals surface area contributed by atoms with E-state index in [9.17, 15) is 40.7 Å². The Morgan fingerprint density at radius 2 is 1.30 bits per heavy atom. The van der Waals surface area contributed by atoms with Crippen LogP contribution in [-0.2, 0) is 14.3 Å². The first-order valence-electron chi connectivity index (χ1n) is 12.6. The fourth-order valence-corrected chi connectivity index (χ4v) is 3.58. The van der Waals surface area contributed by atoms with Gasteiger partial charge in [0.15, 0.2) is 11.5 Å². The van der Waals surface area contributed by atoms with Crippen molar-refractivity contribution in [3.05, 3.63) is 59.2 Å². The molecule has 0 unspecified atom stereocenters. The average molecular weight is 619 g/mol. The van der Waals surface area contributed by atoms with E-state index in [2.05, 4.69) is 0 Å². The highest BCUT2D eigenvalue weighted by Gasteiger charge is 2.54. The monoisotopic (exact) mass is 618 g/mol. The first-order valence-corrected chi connectivity index (χ1v) is 12.6. The highest BCUT2D eigenvalue weighted by Crippen LogP contribution is 2.28. The number of nitrogen functional groups attached to an aromatic ring is 1. The van der Waals surface area contributed by atoms with Gasteiger partial charge in [0.05, 0.1) is 12.2 Å². The van der Waals surface area contributed by atoms with Gasteiger partial charge in [0.2, 0.25) is 0 Å². The maximum absolute atomic E-state index is 12.3. The number of Topliss-reactive ketones (excluding diaryl/α,β-unsaturated/α-hetero) is 2. The van der Waals surface area contributed by atoms with Crippen LogP contribution in [0.3, 0.4) is 0 Å². The van der Waals surface area contributed by atoms with E-state index < -0.39 is 29.9 Å². The Hall–Kier alpha value is -4.63. The molecule has 234 valence electrons. The number of benzene rings is 2. The van der Waals surface area contributed by atoms with Crippen LogP contribution in [0.1, 0.15) is 41.3 Å². The summed E-state index contributed by atoms with van der Waals surface area (Å²) < 4.78 is 83.5. The van der Waals surface area contributed by atoms with Crippen molar-refractivity contribution in [2.75, 3.05) is 32.9 Å². The lowest BCUT2D eigenvalue weighted by Gasteiger charge is -2.18. The van der Waals surface area contributed by atoms with Gasteiger partial charge in [0.1, 0.15) is 24.9 Å². The van der Waals surface area contributed by atoms with E-state index in [1.807, 2.05) is 11.8 Å². The lowest BCUT2D eigenvalue weighted by Crippen LogP contribution is -2.39. The molecule has 2 aromatic carbocycles. The van der Waals surface area contributed by atoms with E-state index in [4.69, 9.17) is 30.8 Å². The molecule has 1 saturated heterocycles. The number of nitrogens with two attached hydrogens (primary N) is 1. The number of hydrogen-bond acceptors (Lipinski definition) is 8. The van der Waals surface area contributed by atoms with Gasteiger partial charge in [0, 0.05) is 24.2 Å². The largest absolute Gasteiger partial charge is 0.490 e. The van der Waals surface area contributed by atoms with Gasteiger partial charge in [-0.15, -0.1) is 0 Å². The second kappa shape index (κ2) is 15.0. The van der Waals surface area contributed by atoms with Crippen molar-refractivity contribution in [3.63, 3.8) is 0 Å². The minimum Gasteiger partial charge on any atom is -0.490 e. The van der Waals surface area contributed by atoms with Crippen LogP contribution >= 0.6 is 0 Å². The fraction of sp³-hybridized carbons (Fsp3) is 0.370. The van der Waals surface area contributed by atoms with Gasteiger partial charge in [-0.1, -0.05) is 12.1 Å². The van der Waals surface area contributed by atoms with E-state index in [1.165, 1.54) is 0 Å². The minimum atomic E-state index is -5.77. The van der Waals surface area contributed by atoms with E-state index in [0.29, 0.717) is 35.1 Å². The lowest BCUT2D eigenvalue weighted by molar-refractivity contribution is -0.193. The summed E-state index contributed by atoms with van der Waals surface area (Å²) in [6.07, 6.45) is -9.32. The van der Waals surface area contributed by atoms with Crippen LogP contribution in [0.2, 0.25) is 0 Å². The van der Waals surface area contributed by atoms with Gasteiger partial charge in [-0.2, -0.15) is 26.3 Å². The van der Waals surface area contributed by atoms with Crippen LogP contribution in [-0.4, -0.2) is 79.4 Å². The Morgan fingerprint density at radius 1 is 0.791 bits per heavy atom. The third kappa shape index (κ3) is 10.3. The molecule has 0 spiro atoms. The number of likely N-dealkylation sites (tertiary alicyclic amines) is 1. The van der Waals surface area contributed by atoms with Crippen molar-refractivity contribution in [2.24, 2.45) is 5.73 Å². The molecule has 43 heavy (non-hydrogen) atoms. The van der Waals surface area contributed by atoms with Crippen LogP contribution in [0.25, 0.3) is 0 Å². The number of ketones is 2. The molecule has 3 rings (SSSR count). The van der Waals surface area contributed by atoms with Gasteiger partial charge < -0.3 is 24.8 Å². The van der Waals surface area contributed by atoms with Gasteiger partial charge in [-0.25, -0.2) is 4.79 Å². The summed E-state index contributed by atoms with van der Waals surface area (Å²) >= 11 is 0. The van der Waals surface area contributed by atoms with Crippen molar-refractivity contribution in [3.8, 4) is 11.5 Å². The number of carbonyl (C=O) groups is 3. The Morgan fingerprint density at radius 3 is 1.79 bits per heavy atom. The predicted molar refractivity (Wildman–Crippen MR) is 141 cm³/mol. The number of alkyl halides is 6. The molecule has 0 radical (unpaired) electrons. The molecule has 0 atom stereocenters. The summed E-state index contributed by atoms with van der Waals surface area (Å²) in [5.41, 5.74) is 7.27. The summed E-state index contributed by atoms with van der Waals surface area (Å²) in [6.45, 7) is 4.33. The molecule has 16 heteroatoms. The predicted octanol–water partition coefficient (Wildman–Crippen LogP) is 4.28. The van der Waals surface area contributed by atoms with E-state index in [-0.39, 0.29) is 19.0 Å². The molecule has 0 saturated carbocycles. The number of hydrogen-bond donors (Lipinski definition) is 3. The van der Waals surface area contributed by atoms with E-state index in [0.717, 1.165) is 31.5 Å². The van der Waals surface area contributed by atoms with Crippen LogP contribution in [0.4, 0.5) is 26.3 Å². The average Bonchev–Trinajstić information content (AvgIpc) is 3.49. The van der Waals surface area contributed by atoms with Gasteiger partial charge in [-0.05, 0) is 50.1 Å². The standard InChI is InChI=1S/C23H28N4O4.C4F6O2/c1-2-29-19-10-9-18(21(24)25)15-20(19)30-13-14-31-23(28)17-7-5-16(6-8-17)22(26)27-11-3-4-12-27;5-3(6,7)1(11)2(12)4(8,9)10/h5-10,15,26H,2-4,11-14H2,1H3,(H3,24,25);. The number of amidine groups is 2. The summed E-state index contributed by atoms with van der Waals surface area (Å²) in [6, 6.07) is 11.9. The second-order valence-electron chi connectivity index (χ2n) is 8.77. The third-order valence-corrected chi connectivity index (χ3v) is 5.67. The number of halogens is 6. The maximum Gasteiger partial charge on any atom is 0.458 e. The molecule has 0 aromatic heterocycles. The Balaban J connectivity index is 0.000000455. The normalized spacial score (nSPS) is 13.0. The molecule has 4 N–H and O–H groups in total. The van der Waals surface area contributed by atoms with Crippen molar-refractivity contribution in [1.82, 2.24) is 4.90 Å². The zero-order valence-corrected chi connectivity index (χ0v) is 22.7. The number of ether oxygens (including phenoxy) is 3. The summed E-state index contributed by atoms with van der Waals surface area (Å²) in [5, 5.41) is 15.8. The molecule has 0 aliphatic carbocycles. The molecule has 1 fully saturated rings. The van der Waals surface area contributed by atoms with Crippen molar-refractivity contribution >= 4 is 29.2 Å². The lowest BCUT2D eigenvalue weighted by atomic mass is 10.1. The number of nitrogens with zero attached hydrogens (tertiary/aromatic N) is 1. The number of carbonyl (C=O) groups excluding carboxylic acids is 3. The molecule has 0 amide bonds. The second-order valence-corrected chi connectivity index (χ2v) is 8.77. The molecule has 2 aromatic rings. The van der Waals surface area contributed by atoms with Crippen LogP contribution in [0.15, 0.2) is 42.5 Å². The number of esters is 1. The SMILES string of the molecule is CCOc1ccc(C(=N)N)cc1OCCOC(=O)c1ccc(C(=N)N2CCCC2)cc1.O=C(C(=O)C(F)(F)F)C(F)(F)F. The first-order chi connectivity index (χ1) is 20.1. The molecule has 0 bridgehead atoms. The zero-order chi connectivity index (χ0) is 32.4. The number of nitrogens with one attached hydrogen (secondary N) is 2. The summed E-state index contributed by atoms with van der Waals surface area (Å²) in [5.74, 6) is -5.87. The molecule has 10 nitrogen and oxygen atoms in total. The third-order valence-electron chi connectivity index (χ3n) is 5.67. The molecule has 1 aliphatic rings. The van der Waals surface area contributed by atoms with E-state index in [1.54, 1.807) is 42.5 Å². The van der Waals surface area contributed by atoms with Crippen LogP contribution in [0.5, 0.6) is 11.5 Å². The topological polar surface area (TPSA) is 156 Å². The van der Waals surface area contributed by atoms with Crippen LogP contribution < -0.4 is 15.2 Å². The Kier molecular flexibility index (Phi) is 12.1. The fourth-order valence-electron chi connectivity index (χ4n) is 3.58. The highest BCUT2D eigenvalue weighted by atomic mass is 19.4. The Bertz CT molecular complexity index is 1300. The molecule has 1 heterocycles. The van der Waals surface area contributed by atoms with Crippen LogP contribution in [0, 0.1) is 10.8 Å². The van der Waals surface area contributed by atoms with Crippen molar-refractivity contribution in [1.29, 1.82) is 10.8 Å². The van der Waals surface area contributed by atoms with Gasteiger partial charge in [0.25, 0.3) is 0 Å². The number of rotatable bonds is 10. The smallest absolute Gasteiger partial charge is 0.458 e. The quantitative estimate of drug-likeness (QED) is 0.0890. The zero-order valence-electron chi connectivity index (χ0n) is 22.7. The molecule has 1 aliphatic heterocycles. The van der Waals surface area contributed by atoms with Crippen molar-refractivity contribution in [2.45, 2.75) is 32.1 Å². The highest BCUT2D eigenvalue weighted by molar-refractivity contribution is 6.41. The summed E-state index contributed by atoms with van der Waals surface area (Å²) in [4.78, 5) is 33.6. The van der Waals surface area contributed by atoms with E-state index >= 15 is 0 Å². The van der Waals surface area contributed by atoms with Crippen molar-refractivity contribution < 1.29 is 54.9 Å². The Labute approximate surface area is 241 Å². The first kappa shape index (κ1) is 34.6. The molecular formula is C27H28F6N4O6. The maximum atomic E-state index is 12.3. The molecular weight excluding hydrogens is 590 g/mol.